The fourth-order valence-electron chi connectivity index (χ4n) is 12.8. The van der Waals surface area contributed by atoms with Gasteiger partial charge in [-0.15, -0.1) is 0 Å². The third kappa shape index (κ3) is 6.36. The molecule has 0 radical (unpaired) electrons. The maximum absolute atomic E-state index is 2.77. The van der Waals surface area contributed by atoms with E-state index in [0.717, 1.165) is 0 Å². The van der Waals surface area contributed by atoms with Crippen LogP contribution in [0.1, 0.15) is 114 Å². The van der Waals surface area contributed by atoms with Gasteiger partial charge in [0.15, 0.2) is 0 Å². The molecule has 2 aliphatic carbocycles. The average molecular weight is 871 g/mol. The molecular formula is C64H63BN2. The van der Waals surface area contributed by atoms with Gasteiger partial charge in [-0.05, 0) is 175 Å². The van der Waals surface area contributed by atoms with Crippen molar-refractivity contribution in [2.24, 2.45) is 0 Å². The lowest BCUT2D eigenvalue weighted by Crippen LogP contribution is -2.62. The van der Waals surface area contributed by atoms with Crippen LogP contribution < -0.4 is 20.6 Å². The fraction of sp³-hybridized carbons (Fsp3) is 0.281. The molecule has 8 aromatic rings. The molecule has 4 aliphatic rings. The Morgan fingerprint density at radius 2 is 0.896 bits per heavy atom. The van der Waals surface area contributed by atoms with E-state index < -0.39 is 0 Å². The summed E-state index contributed by atoms with van der Waals surface area (Å²) in [6, 6.07) is 58.7. The van der Waals surface area contributed by atoms with Gasteiger partial charge in [0.2, 0.25) is 0 Å². The van der Waals surface area contributed by atoms with Crippen molar-refractivity contribution in [3.8, 4) is 33.4 Å². The molecule has 0 fully saturated rings. The third-order valence-corrected chi connectivity index (χ3v) is 17.0. The molecule has 0 N–H and O–H groups in total. The lowest BCUT2D eigenvalue weighted by atomic mass is 9.43. The highest BCUT2D eigenvalue weighted by atomic mass is 15.2. The molecular weight excluding hydrogens is 808 g/mol. The molecule has 3 heteroatoms. The molecule has 0 aromatic heterocycles. The molecule has 0 saturated carbocycles. The smallest absolute Gasteiger partial charge is 0.333 e. The van der Waals surface area contributed by atoms with E-state index in [0.29, 0.717) is 0 Å². The number of hydrogen-bond donors (Lipinski definition) is 0. The van der Waals surface area contributed by atoms with E-state index in [9.17, 15) is 0 Å². The van der Waals surface area contributed by atoms with Crippen molar-refractivity contribution in [2.75, 3.05) is 9.71 Å². The van der Waals surface area contributed by atoms with Crippen LogP contribution in [0.15, 0.2) is 152 Å². The summed E-state index contributed by atoms with van der Waals surface area (Å²) in [6.07, 6.45) is 4.72. The minimum absolute atomic E-state index is 0.0500. The Hall–Kier alpha value is -6.32. The molecule has 0 amide bonds. The van der Waals surface area contributed by atoms with E-state index in [1.54, 1.807) is 0 Å². The van der Waals surface area contributed by atoms with Gasteiger partial charge in [0, 0.05) is 33.7 Å². The van der Waals surface area contributed by atoms with Gasteiger partial charge in [-0.25, -0.2) is 0 Å². The molecule has 0 bridgehead atoms. The molecule has 332 valence electrons. The second-order valence-electron chi connectivity index (χ2n) is 23.2. The maximum atomic E-state index is 2.77. The van der Waals surface area contributed by atoms with Crippen molar-refractivity contribution in [3.63, 3.8) is 0 Å². The normalized spacial score (nSPS) is 17.9. The second-order valence-corrected chi connectivity index (χ2v) is 23.2. The fourth-order valence-corrected chi connectivity index (χ4v) is 12.8. The lowest BCUT2D eigenvalue weighted by Gasteiger charge is -2.48. The third-order valence-electron chi connectivity index (χ3n) is 17.0. The second kappa shape index (κ2) is 14.6. The van der Waals surface area contributed by atoms with Crippen LogP contribution in [0.25, 0.3) is 44.2 Å². The summed E-state index contributed by atoms with van der Waals surface area (Å²) in [7, 11) is 0. The molecule has 2 aliphatic heterocycles. The highest BCUT2D eigenvalue weighted by Gasteiger charge is 2.48. The van der Waals surface area contributed by atoms with Crippen LogP contribution in [0.4, 0.5) is 28.4 Å². The Kier molecular flexibility index (Phi) is 9.16. The van der Waals surface area contributed by atoms with E-state index in [1.807, 2.05) is 0 Å². The van der Waals surface area contributed by atoms with Gasteiger partial charge < -0.3 is 9.71 Å². The van der Waals surface area contributed by atoms with Crippen molar-refractivity contribution in [3.05, 3.63) is 185 Å². The van der Waals surface area contributed by atoms with Crippen molar-refractivity contribution >= 4 is 57.0 Å². The summed E-state index contributed by atoms with van der Waals surface area (Å²) in [5.74, 6) is 0. The Balaban J connectivity index is 1.23. The zero-order valence-electron chi connectivity index (χ0n) is 41.2. The van der Waals surface area contributed by atoms with E-state index in [1.165, 1.54) is 143 Å². The largest absolute Gasteiger partial charge is 0.376 e. The van der Waals surface area contributed by atoms with Crippen LogP contribution in [0.2, 0.25) is 0 Å². The molecule has 2 heterocycles. The van der Waals surface area contributed by atoms with Gasteiger partial charge in [-0.3, -0.25) is 0 Å². The summed E-state index contributed by atoms with van der Waals surface area (Å²) in [5, 5.41) is 2.55. The molecule has 8 aromatic carbocycles. The van der Waals surface area contributed by atoms with Gasteiger partial charge in [0.1, 0.15) is 0 Å². The van der Waals surface area contributed by atoms with Gasteiger partial charge in [-0.2, -0.15) is 0 Å². The molecule has 0 unspecified atom stereocenters. The van der Waals surface area contributed by atoms with Gasteiger partial charge in [0.05, 0.1) is 5.69 Å². The maximum Gasteiger partial charge on any atom is 0.333 e. The predicted octanol–water partition coefficient (Wildman–Crippen LogP) is 16.2. The van der Waals surface area contributed by atoms with Gasteiger partial charge >= 0.3 is 6.85 Å². The first-order valence-electron chi connectivity index (χ1n) is 24.9. The first kappa shape index (κ1) is 42.1. The Labute approximate surface area is 399 Å². The standard InChI is InChI=1S/C64H63BN2/c1-40-33-50-52(63(7,8)31-29-61(50,3)4)38-56(40)66-58-37-45(43-21-15-12-16-22-43)25-27-54(58)65-59-49(36-46-23-17-18-24-47(46)60(59)66)48-35-44(42-19-13-11-14-20-42)26-28-55(48)67(65)57-39-53-51(34-41(57)2)62(5,6)30-32-64(53,9)10/h11-28,33-39H,29-32H2,1-10H3. The topological polar surface area (TPSA) is 6.48 Å². The van der Waals surface area contributed by atoms with Crippen LogP contribution in [-0.4, -0.2) is 6.85 Å². The van der Waals surface area contributed by atoms with Gasteiger partial charge in [-0.1, -0.05) is 171 Å². The van der Waals surface area contributed by atoms with Crippen molar-refractivity contribution in [1.82, 2.24) is 0 Å². The van der Waals surface area contributed by atoms with Crippen LogP contribution in [0.3, 0.4) is 0 Å². The van der Waals surface area contributed by atoms with Crippen LogP contribution in [0.5, 0.6) is 0 Å². The minimum atomic E-state index is -0.0921. The SMILES string of the molecule is Cc1cc2c(cc1N1B3c4ccc(-c5ccccc5)cc4N(c4cc5c(cc4C)C(C)(C)CCC5(C)C)c4c3c(cc3ccccc43)-c3cc(-c4ccccc4)ccc31)C(C)(C)CCC2(C)C. The zero-order valence-corrected chi connectivity index (χ0v) is 41.2. The Morgan fingerprint density at radius 1 is 0.403 bits per heavy atom. The average Bonchev–Trinajstić information content (AvgIpc) is 3.32. The Bertz CT molecular complexity index is 3340. The predicted molar refractivity (Wildman–Crippen MR) is 289 cm³/mol. The van der Waals surface area contributed by atoms with E-state index in [2.05, 4.69) is 231 Å². The van der Waals surface area contributed by atoms with Crippen LogP contribution >= 0.6 is 0 Å². The zero-order chi connectivity index (χ0) is 46.4. The van der Waals surface area contributed by atoms with E-state index in [4.69, 9.17) is 0 Å². The summed E-state index contributed by atoms with van der Waals surface area (Å²) in [6.45, 7) is 24.3. The number of benzene rings is 8. The van der Waals surface area contributed by atoms with Gasteiger partial charge in [0.25, 0.3) is 0 Å². The lowest BCUT2D eigenvalue weighted by molar-refractivity contribution is 0.332. The summed E-state index contributed by atoms with van der Waals surface area (Å²) in [5.41, 5.74) is 25.6. The first-order valence-corrected chi connectivity index (χ1v) is 24.9. The molecule has 0 spiro atoms. The van der Waals surface area contributed by atoms with E-state index in [-0.39, 0.29) is 28.5 Å². The molecule has 67 heavy (non-hydrogen) atoms. The van der Waals surface area contributed by atoms with Crippen molar-refractivity contribution < 1.29 is 0 Å². The minimum Gasteiger partial charge on any atom is -0.376 e. The van der Waals surface area contributed by atoms with Crippen molar-refractivity contribution in [1.29, 1.82) is 0 Å². The number of nitrogens with zero attached hydrogens (tertiary/aromatic N) is 2. The first-order chi connectivity index (χ1) is 32.0. The van der Waals surface area contributed by atoms with E-state index >= 15 is 0 Å². The highest BCUT2D eigenvalue weighted by Crippen LogP contribution is 2.55. The summed E-state index contributed by atoms with van der Waals surface area (Å²) in [4.78, 5) is 5.48. The molecule has 0 saturated heterocycles. The van der Waals surface area contributed by atoms with Crippen LogP contribution in [-0.2, 0) is 21.7 Å². The highest BCUT2D eigenvalue weighted by molar-refractivity contribution is 6.94. The monoisotopic (exact) mass is 871 g/mol. The molecule has 12 rings (SSSR count). The van der Waals surface area contributed by atoms with Crippen molar-refractivity contribution in [2.45, 2.75) is 117 Å². The number of anilines is 5. The molecule has 0 atom stereocenters. The number of rotatable bonds is 4. The van der Waals surface area contributed by atoms with Crippen LogP contribution in [0, 0.1) is 13.8 Å². The Morgan fingerprint density at radius 3 is 1.49 bits per heavy atom. The molecule has 2 nitrogen and oxygen atoms in total. The summed E-state index contributed by atoms with van der Waals surface area (Å²) < 4.78 is 0. The summed E-state index contributed by atoms with van der Waals surface area (Å²) >= 11 is 0. The quantitative estimate of drug-likeness (QED) is 0.163. The number of aryl methyl sites for hydroxylation is 2. The number of hydrogen-bond acceptors (Lipinski definition) is 2. The number of fused-ring (bicyclic) bond motifs is 8.